The van der Waals surface area contributed by atoms with Gasteiger partial charge in [-0.1, -0.05) is 48.5 Å². The second kappa shape index (κ2) is 13.8. The molecule has 0 aliphatic carbocycles. The Morgan fingerprint density at radius 3 is 2.51 bits per heavy atom. The number of likely N-dealkylation sites (tertiary alicyclic amines) is 1. The lowest BCUT2D eigenvalue weighted by Gasteiger charge is -2.34. The summed E-state index contributed by atoms with van der Waals surface area (Å²) in [6, 6.07) is 30.7. The van der Waals surface area contributed by atoms with Gasteiger partial charge in [0, 0.05) is 44.2 Å². The summed E-state index contributed by atoms with van der Waals surface area (Å²) in [6.45, 7) is 4.34. The first-order valence-corrected chi connectivity index (χ1v) is 16.4. The van der Waals surface area contributed by atoms with Gasteiger partial charge in [0.15, 0.2) is 11.5 Å². The minimum absolute atomic E-state index is 0.0219. The topological polar surface area (TPSA) is 71.9 Å². The number of carbonyl (C=O) groups excluding carboxylic acids is 1. The number of likely N-dealkylation sites (N-methyl/N-ethyl adjacent to an activating group) is 1. The molecule has 2 aliphatic heterocycles. The van der Waals surface area contributed by atoms with E-state index in [1.807, 2.05) is 78.7 Å². The van der Waals surface area contributed by atoms with Gasteiger partial charge in [-0.25, -0.2) is 9.37 Å². The number of para-hydroxylation sites is 2. The third-order valence-corrected chi connectivity index (χ3v) is 9.35. The third kappa shape index (κ3) is 7.10. The fourth-order valence-electron chi connectivity index (χ4n) is 6.69. The number of nitrogens with one attached hydrogen (secondary N) is 1. The van der Waals surface area contributed by atoms with Crippen LogP contribution in [0.2, 0.25) is 0 Å². The third-order valence-electron chi connectivity index (χ3n) is 9.35. The molecule has 4 aromatic carbocycles. The molecule has 242 valence electrons. The number of aromatic nitrogens is 2. The average Bonchev–Trinajstić information content (AvgIpc) is 3.72. The SMILES string of the molecule is CN(CC(CCN1CCC(Nc2nc3ccccc3n2Cc2ccc(F)cc2)CC1)c1ccc2c(c1)OCO2)C(=O)c1ccccc1. The fourth-order valence-corrected chi connectivity index (χ4v) is 6.69. The van der Waals surface area contributed by atoms with Crippen molar-refractivity contribution in [1.82, 2.24) is 19.4 Å². The Balaban J connectivity index is 0.997. The Morgan fingerprint density at radius 2 is 1.70 bits per heavy atom. The quantitative estimate of drug-likeness (QED) is 0.173. The highest BCUT2D eigenvalue weighted by molar-refractivity contribution is 5.94. The molecule has 1 amide bonds. The lowest BCUT2D eigenvalue weighted by Crippen LogP contribution is -2.40. The Hall–Kier alpha value is -4.89. The minimum atomic E-state index is -0.232. The molecule has 47 heavy (non-hydrogen) atoms. The number of ether oxygens (including phenoxy) is 2. The molecule has 7 rings (SSSR count). The molecule has 1 fully saturated rings. The first-order chi connectivity index (χ1) is 23.0. The number of benzene rings is 4. The van der Waals surface area contributed by atoms with Gasteiger partial charge in [0.05, 0.1) is 17.6 Å². The van der Waals surface area contributed by atoms with E-state index in [0.29, 0.717) is 24.7 Å². The van der Waals surface area contributed by atoms with Crippen LogP contribution in [0, 0.1) is 5.82 Å². The van der Waals surface area contributed by atoms with Crippen molar-refractivity contribution in [2.45, 2.75) is 37.8 Å². The zero-order chi connectivity index (χ0) is 32.2. The second-order valence-corrected chi connectivity index (χ2v) is 12.5. The lowest BCUT2D eigenvalue weighted by molar-refractivity contribution is 0.0782. The van der Waals surface area contributed by atoms with E-state index in [-0.39, 0.29) is 24.4 Å². The van der Waals surface area contributed by atoms with Crippen LogP contribution in [0.25, 0.3) is 11.0 Å². The largest absolute Gasteiger partial charge is 0.454 e. The molecule has 0 radical (unpaired) electrons. The molecule has 1 N–H and O–H groups in total. The van der Waals surface area contributed by atoms with Crippen molar-refractivity contribution in [1.29, 1.82) is 0 Å². The van der Waals surface area contributed by atoms with Crippen molar-refractivity contribution >= 4 is 22.9 Å². The summed E-state index contributed by atoms with van der Waals surface area (Å²) in [7, 11) is 1.88. The number of rotatable bonds is 11. The van der Waals surface area contributed by atoms with Gasteiger partial charge in [-0.2, -0.15) is 0 Å². The van der Waals surface area contributed by atoms with E-state index in [1.54, 1.807) is 0 Å². The summed E-state index contributed by atoms with van der Waals surface area (Å²) < 4.78 is 27.0. The Bertz CT molecular complexity index is 1820. The maximum atomic E-state index is 13.6. The average molecular weight is 634 g/mol. The zero-order valence-electron chi connectivity index (χ0n) is 26.6. The van der Waals surface area contributed by atoms with E-state index in [1.165, 1.54) is 12.1 Å². The van der Waals surface area contributed by atoms with Gasteiger partial charge in [-0.15, -0.1) is 0 Å². The summed E-state index contributed by atoms with van der Waals surface area (Å²) in [5, 5.41) is 3.74. The van der Waals surface area contributed by atoms with Crippen LogP contribution in [0.5, 0.6) is 11.5 Å². The van der Waals surface area contributed by atoms with Gasteiger partial charge in [0.1, 0.15) is 5.82 Å². The van der Waals surface area contributed by atoms with Crippen LogP contribution in [-0.4, -0.2) is 71.3 Å². The first kappa shape index (κ1) is 30.7. The number of carbonyl (C=O) groups is 1. The van der Waals surface area contributed by atoms with Gasteiger partial charge in [0.2, 0.25) is 12.7 Å². The number of nitrogens with zero attached hydrogens (tertiary/aromatic N) is 4. The lowest BCUT2D eigenvalue weighted by atomic mass is 9.93. The van der Waals surface area contributed by atoms with Gasteiger partial charge in [0.25, 0.3) is 5.91 Å². The molecule has 1 saturated heterocycles. The van der Waals surface area contributed by atoms with Crippen LogP contribution in [-0.2, 0) is 6.54 Å². The molecule has 1 aromatic heterocycles. The first-order valence-electron chi connectivity index (χ1n) is 16.4. The van der Waals surface area contributed by atoms with Gasteiger partial charge < -0.3 is 29.2 Å². The van der Waals surface area contributed by atoms with Gasteiger partial charge in [-0.05, 0) is 85.5 Å². The van der Waals surface area contributed by atoms with E-state index < -0.39 is 0 Å². The number of fused-ring (bicyclic) bond motifs is 2. The molecule has 3 heterocycles. The van der Waals surface area contributed by atoms with Crippen molar-refractivity contribution in [2.24, 2.45) is 0 Å². The highest BCUT2D eigenvalue weighted by atomic mass is 19.1. The number of hydrogen-bond donors (Lipinski definition) is 1. The summed E-state index contributed by atoms with van der Waals surface area (Å²) in [5.74, 6) is 2.31. The number of hydrogen-bond acceptors (Lipinski definition) is 6. The van der Waals surface area contributed by atoms with Crippen molar-refractivity contribution in [3.8, 4) is 11.5 Å². The van der Waals surface area contributed by atoms with Crippen LogP contribution in [0.3, 0.4) is 0 Å². The number of piperidine rings is 1. The number of anilines is 1. The minimum Gasteiger partial charge on any atom is -0.454 e. The van der Waals surface area contributed by atoms with Crippen LogP contribution < -0.4 is 14.8 Å². The summed E-state index contributed by atoms with van der Waals surface area (Å²) in [6.07, 6.45) is 2.92. The summed E-state index contributed by atoms with van der Waals surface area (Å²) >= 11 is 0. The Kier molecular flexibility index (Phi) is 9.06. The molecule has 0 saturated carbocycles. The normalized spacial score (nSPS) is 15.5. The smallest absolute Gasteiger partial charge is 0.253 e. The van der Waals surface area contributed by atoms with Crippen molar-refractivity contribution in [3.63, 3.8) is 0 Å². The van der Waals surface area contributed by atoms with E-state index in [4.69, 9.17) is 14.5 Å². The van der Waals surface area contributed by atoms with Crippen molar-refractivity contribution < 1.29 is 18.7 Å². The molecular weight excluding hydrogens is 593 g/mol. The molecule has 0 spiro atoms. The number of halogens is 1. The fraction of sp³-hybridized carbons (Fsp3) is 0.316. The molecule has 2 aliphatic rings. The molecule has 8 nitrogen and oxygen atoms in total. The zero-order valence-corrected chi connectivity index (χ0v) is 26.6. The van der Waals surface area contributed by atoms with Crippen molar-refractivity contribution in [3.05, 3.63) is 120 Å². The molecule has 5 aromatic rings. The monoisotopic (exact) mass is 633 g/mol. The molecule has 1 atom stereocenters. The van der Waals surface area contributed by atoms with E-state index in [2.05, 4.69) is 33.0 Å². The second-order valence-electron chi connectivity index (χ2n) is 12.5. The molecule has 1 unspecified atom stereocenters. The predicted molar refractivity (Wildman–Crippen MR) is 182 cm³/mol. The summed E-state index contributed by atoms with van der Waals surface area (Å²) in [4.78, 5) is 22.5. The van der Waals surface area contributed by atoms with E-state index >= 15 is 0 Å². The van der Waals surface area contributed by atoms with Crippen LogP contribution >= 0.6 is 0 Å². The molecule has 9 heteroatoms. The molecule has 0 bridgehead atoms. The van der Waals surface area contributed by atoms with Crippen LogP contribution in [0.1, 0.15) is 46.7 Å². The number of imidazole rings is 1. The summed E-state index contributed by atoms with van der Waals surface area (Å²) in [5.41, 5.74) is 4.88. The highest BCUT2D eigenvalue weighted by Crippen LogP contribution is 2.36. The van der Waals surface area contributed by atoms with Crippen LogP contribution in [0.4, 0.5) is 10.3 Å². The molecular formula is C38H40FN5O3. The predicted octanol–water partition coefficient (Wildman–Crippen LogP) is 6.77. The Morgan fingerprint density at radius 1 is 0.957 bits per heavy atom. The van der Waals surface area contributed by atoms with Crippen LogP contribution in [0.15, 0.2) is 97.1 Å². The Labute approximate surface area is 274 Å². The van der Waals surface area contributed by atoms with E-state index in [0.717, 1.165) is 78.5 Å². The maximum absolute atomic E-state index is 13.6. The van der Waals surface area contributed by atoms with Gasteiger partial charge in [-0.3, -0.25) is 4.79 Å². The highest BCUT2D eigenvalue weighted by Gasteiger charge is 2.25. The van der Waals surface area contributed by atoms with E-state index in [9.17, 15) is 9.18 Å². The maximum Gasteiger partial charge on any atom is 0.253 e. The number of amides is 1. The van der Waals surface area contributed by atoms with Crippen molar-refractivity contribution in [2.75, 3.05) is 45.3 Å². The van der Waals surface area contributed by atoms with Gasteiger partial charge >= 0.3 is 0 Å². The standard InChI is InChI=1S/C38H40FN5O3/c1-42(37(45)28-7-3-2-4-8-28)25-30(29-13-16-35-36(23-29)47-26-46-35)17-20-43-21-18-32(19-22-43)40-38-41-33-9-5-6-10-34(33)44(38)24-27-11-14-31(39)15-12-27/h2-16,23,30,32H,17-22,24-26H2,1H3,(H,40,41).